The van der Waals surface area contributed by atoms with E-state index in [1.807, 2.05) is 81.9 Å². The van der Waals surface area contributed by atoms with Gasteiger partial charge in [0.15, 0.2) is 11.6 Å². The number of nitrogen functional groups attached to an aromatic ring is 1. The van der Waals surface area contributed by atoms with Crippen molar-refractivity contribution in [2.45, 2.75) is 134 Å². The van der Waals surface area contributed by atoms with E-state index in [0.29, 0.717) is 53.3 Å². The molecule has 1 saturated carbocycles. The predicted octanol–water partition coefficient (Wildman–Crippen LogP) is 7.54. The number of hydrogen-bond acceptors (Lipinski definition) is 18. The van der Waals surface area contributed by atoms with Crippen LogP contribution in [0.2, 0.25) is 0 Å². The molecule has 2 amide bonds. The van der Waals surface area contributed by atoms with Gasteiger partial charge in [0.25, 0.3) is 5.88 Å². The highest BCUT2D eigenvalue weighted by molar-refractivity contribution is 7.13. The first kappa shape index (κ1) is 53.1. The van der Waals surface area contributed by atoms with Crippen LogP contribution in [0, 0.1) is 12.8 Å². The van der Waals surface area contributed by atoms with Crippen LogP contribution in [0.3, 0.4) is 0 Å². The van der Waals surface area contributed by atoms with Crippen molar-refractivity contribution in [2.75, 3.05) is 61.4 Å². The van der Waals surface area contributed by atoms with E-state index in [0.717, 1.165) is 111 Å². The Labute approximate surface area is 459 Å². The minimum Gasteiger partial charge on any atom is -0.507 e. The number of nitrogens with two attached hydrogens (primary N) is 1. The Kier molecular flexibility index (Phi) is 15.8. The Hall–Kier alpha value is -6.87. The van der Waals surface area contributed by atoms with Crippen molar-refractivity contribution in [2.24, 2.45) is 5.92 Å². The van der Waals surface area contributed by atoms with Gasteiger partial charge in [-0.2, -0.15) is 0 Å². The Bertz CT molecular complexity index is 3020. The molecule has 412 valence electrons. The summed E-state index contributed by atoms with van der Waals surface area (Å²) in [5.74, 6) is 0.391. The van der Waals surface area contributed by atoms with Gasteiger partial charge in [-0.3, -0.25) is 9.59 Å². The van der Waals surface area contributed by atoms with Crippen LogP contribution in [0.1, 0.15) is 101 Å². The Morgan fingerprint density at radius 1 is 0.885 bits per heavy atom. The van der Waals surface area contributed by atoms with Gasteiger partial charge in [-0.25, -0.2) is 9.97 Å². The number of anilines is 3. The molecule has 4 saturated heterocycles. The molecule has 78 heavy (non-hydrogen) atoms. The molecular formula is C58H71N11O8S. The van der Waals surface area contributed by atoms with Crippen LogP contribution in [0.4, 0.5) is 17.2 Å². The van der Waals surface area contributed by atoms with E-state index < -0.39 is 18.1 Å². The van der Waals surface area contributed by atoms with Crippen LogP contribution in [-0.4, -0.2) is 146 Å². The molecule has 0 spiro atoms. The fourth-order valence-corrected chi connectivity index (χ4v) is 12.9. The fraction of sp³-hybridized carbons (Fsp3) is 0.500. The predicted molar refractivity (Wildman–Crippen MR) is 296 cm³/mol. The van der Waals surface area contributed by atoms with Gasteiger partial charge < -0.3 is 59.6 Å². The number of rotatable bonds is 19. The Balaban J connectivity index is 0.589. The summed E-state index contributed by atoms with van der Waals surface area (Å²) in [4.78, 5) is 46.8. The van der Waals surface area contributed by atoms with Gasteiger partial charge in [0.1, 0.15) is 23.8 Å². The summed E-state index contributed by atoms with van der Waals surface area (Å²) in [7, 11) is 0. The quantitative estimate of drug-likeness (QED) is 0.0574. The number of aliphatic hydroxyl groups excluding tert-OH is 1. The number of aryl methyl sites for hydroxylation is 1. The number of para-hydroxylation sites is 1. The van der Waals surface area contributed by atoms with Gasteiger partial charge in [-0.15, -0.1) is 21.5 Å². The summed E-state index contributed by atoms with van der Waals surface area (Å²) in [6.45, 7) is 12.6. The number of ether oxygens (including phenoxy) is 3. The molecule has 20 heteroatoms. The van der Waals surface area contributed by atoms with E-state index in [4.69, 9.17) is 24.5 Å². The number of benzene rings is 2. The van der Waals surface area contributed by atoms with Gasteiger partial charge in [-0.05, 0) is 92.4 Å². The van der Waals surface area contributed by atoms with Gasteiger partial charge >= 0.3 is 0 Å². The second kappa shape index (κ2) is 23.2. The highest BCUT2D eigenvalue weighted by Gasteiger charge is 2.45. The molecule has 2 aromatic carbocycles. The van der Waals surface area contributed by atoms with E-state index in [1.165, 1.54) is 4.90 Å². The zero-order valence-corrected chi connectivity index (χ0v) is 45.6. The molecule has 6 atom stereocenters. The first-order valence-electron chi connectivity index (χ1n) is 27.7. The number of piperazine rings is 1. The zero-order chi connectivity index (χ0) is 54.0. The molecular weight excluding hydrogens is 1010 g/mol. The Morgan fingerprint density at radius 3 is 2.38 bits per heavy atom. The molecule has 6 aromatic rings. The maximum absolute atomic E-state index is 14.2. The number of piperidine rings is 1. The zero-order valence-electron chi connectivity index (χ0n) is 44.8. The first-order valence-corrected chi connectivity index (χ1v) is 28.5. The van der Waals surface area contributed by atoms with Crippen molar-refractivity contribution in [3.05, 3.63) is 102 Å². The number of thiazole rings is 1. The standard InChI is InChI=1S/C58H71N11O8S/c1-34(2)54(58(73)68-32-42(70)25-49(68)57(72)62-35(3)37-10-12-38(13-11-37)55-36(4)61-33-78-55)51-29-53(65-77-51)74-23-7-20-66-21-17-43(18-22-66)75-44-26-45(27-44)76-52-24-39(16-19-60-52)69-40-14-15-41(69)31-67(30-40)48-28-47(63-64-56(48)59)46-8-5-6-9-50(46)71/h5-6,8-13,16,19,24,28-29,33-35,40-45,49,54,70-71H,7,14-15,17-18,20-23,25-27,30-32H2,1-4H3,(H2,59,64)(H,62,72)/t35-,40?,41?,42+,44-,45-,49-,54?/m0/s1. The van der Waals surface area contributed by atoms with E-state index in [1.54, 1.807) is 29.5 Å². The van der Waals surface area contributed by atoms with Crippen LogP contribution in [0.25, 0.3) is 21.7 Å². The van der Waals surface area contributed by atoms with Gasteiger partial charge in [0, 0.05) is 100 Å². The van der Waals surface area contributed by atoms with Crippen LogP contribution >= 0.6 is 11.3 Å². The van der Waals surface area contributed by atoms with E-state index >= 15 is 0 Å². The van der Waals surface area contributed by atoms with Crippen molar-refractivity contribution < 1.29 is 38.5 Å². The molecule has 19 nitrogen and oxygen atoms in total. The largest absolute Gasteiger partial charge is 0.507 e. The number of fused-ring (bicyclic) bond motifs is 2. The van der Waals surface area contributed by atoms with Gasteiger partial charge in [0.05, 0.1) is 58.4 Å². The number of amides is 2. The van der Waals surface area contributed by atoms with Crippen LogP contribution in [-0.2, 0) is 14.3 Å². The number of nitrogens with zero attached hydrogens (tertiary/aromatic N) is 9. The number of pyridine rings is 1. The molecule has 5 fully saturated rings. The number of aliphatic hydroxyl groups is 1. The highest BCUT2D eigenvalue weighted by Crippen LogP contribution is 2.41. The average molecular weight is 1080 g/mol. The first-order chi connectivity index (χ1) is 37.8. The minimum atomic E-state index is -0.825. The van der Waals surface area contributed by atoms with Gasteiger partial charge in [-0.1, -0.05) is 50.2 Å². The maximum atomic E-state index is 14.2. The lowest BCUT2D eigenvalue weighted by atomic mass is 9.91. The second-order valence-corrected chi connectivity index (χ2v) is 22.9. The topological polar surface area (TPSA) is 231 Å². The van der Waals surface area contributed by atoms with Crippen LogP contribution in [0.15, 0.2) is 89.0 Å². The van der Waals surface area contributed by atoms with E-state index in [-0.39, 0.29) is 60.8 Å². The SMILES string of the molecule is Cc1ncsc1-c1ccc([C@H](C)NC(=O)[C@@H]2C[C@@H](O)CN2C(=O)C(c2cc(OCCCN3CCC(O[C@H]4C[C@H](Oc5cc(N6C7CCC6CN(c6cc(-c8ccccc8O)nnc6N)C7)ccn5)C4)CC3)no2)C(C)C)cc1. The van der Waals surface area contributed by atoms with Crippen molar-refractivity contribution in [1.29, 1.82) is 0 Å². The third-order valence-corrected chi connectivity index (χ3v) is 17.3. The number of hydrogen-bond donors (Lipinski definition) is 4. The third-order valence-electron chi connectivity index (χ3n) is 16.3. The number of aromatic nitrogens is 5. The number of carbonyl (C=O) groups excluding carboxylic acids is 2. The smallest absolute Gasteiger partial charge is 0.254 e. The highest BCUT2D eigenvalue weighted by atomic mass is 32.1. The summed E-state index contributed by atoms with van der Waals surface area (Å²) in [6.07, 6.45) is 8.22. The van der Waals surface area contributed by atoms with E-state index in [2.05, 4.69) is 57.5 Å². The number of phenols is 1. The second-order valence-electron chi connectivity index (χ2n) is 22.1. The summed E-state index contributed by atoms with van der Waals surface area (Å²) in [6, 6.07) is 22.4. The van der Waals surface area contributed by atoms with E-state index in [9.17, 15) is 19.8 Å². The third kappa shape index (κ3) is 11.6. The molecule has 8 heterocycles. The molecule has 4 aliphatic heterocycles. The number of phenolic OH excluding ortho intramolecular Hbond substituents is 1. The number of nitrogens with one attached hydrogen (secondary N) is 1. The number of aromatic hydroxyl groups is 1. The molecule has 2 bridgehead atoms. The van der Waals surface area contributed by atoms with Crippen molar-refractivity contribution >= 4 is 40.3 Å². The molecule has 11 rings (SSSR count). The van der Waals surface area contributed by atoms with Crippen LogP contribution < -0.4 is 30.3 Å². The fourth-order valence-electron chi connectivity index (χ4n) is 12.1. The lowest BCUT2D eigenvalue weighted by Crippen LogP contribution is -2.54. The Morgan fingerprint density at radius 2 is 1.65 bits per heavy atom. The molecule has 5 N–H and O–H groups in total. The minimum absolute atomic E-state index is 0.0565. The lowest BCUT2D eigenvalue weighted by Gasteiger charge is -2.43. The summed E-state index contributed by atoms with van der Waals surface area (Å²) < 4.78 is 24.7. The number of β-amino-alcohol motifs (C(OH)–C–C–N with tert-alkyl or cyclic N) is 1. The average Bonchev–Trinajstić information content (AvgIpc) is 4.28. The number of likely N-dealkylation sites (tertiary alicyclic amines) is 2. The monoisotopic (exact) mass is 1080 g/mol. The molecule has 5 aliphatic rings. The van der Waals surface area contributed by atoms with Gasteiger partial charge in [0.2, 0.25) is 17.7 Å². The van der Waals surface area contributed by atoms with Crippen LogP contribution in [0.5, 0.6) is 17.5 Å². The van der Waals surface area contributed by atoms with Crippen molar-refractivity contribution in [3.8, 4) is 39.2 Å². The number of carbonyl (C=O) groups is 2. The molecule has 1 aliphatic carbocycles. The molecule has 4 aromatic heterocycles. The summed E-state index contributed by atoms with van der Waals surface area (Å²) in [5.41, 5.74) is 14.4. The maximum Gasteiger partial charge on any atom is 0.254 e. The lowest BCUT2D eigenvalue weighted by molar-refractivity contribution is -0.141. The molecule has 0 radical (unpaired) electrons. The normalized spacial score (nSPS) is 23.3. The summed E-state index contributed by atoms with van der Waals surface area (Å²) >= 11 is 1.59. The molecule has 3 unspecified atom stereocenters. The van der Waals surface area contributed by atoms with Crippen molar-refractivity contribution in [3.63, 3.8) is 0 Å². The van der Waals surface area contributed by atoms with Crippen molar-refractivity contribution in [1.82, 2.24) is 40.4 Å². The summed E-state index contributed by atoms with van der Waals surface area (Å²) in [5, 5.41) is 37.0.